The fourth-order valence-electron chi connectivity index (χ4n) is 2.64. The minimum atomic E-state index is 0.0795. The Morgan fingerprint density at radius 2 is 1.64 bits per heavy atom. The van der Waals surface area contributed by atoms with E-state index in [1.165, 1.54) is 0 Å². The van der Waals surface area contributed by atoms with Crippen LogP contribution < -0.4 is 16.0 Å². The molecule has 1 saturated heterocycles. The molecule has 0 bridgehead atoms. The lowest BCUT2D eigenvalue weighted by atomic mass is 9.99. The van der Waals surface area contributed by atoms with Gasteiger partial charge in [0.05, 0.1) is 5.92 Å². The van der Waals surface area contributed by atoms with Crippen LogP contribution in [0.3, 0.4) is 0 Å². The largest absolute Gasteiger partial charge is 0.356 e. The van der Waals surface area contributed by atoms with Gasteiger partial charge in [0, 0.05) is 23.6 Å². The molecule has 3 N–H and O–H groups in total. The van der Waals surface area contributed by atoms with Gasteiger partial charge in [0.1, 0.15) is 0 Å². The van der Waals surface area contributed by atoms with Crippen molar-refractivity contribution in [3.8, 4) is 0 Å². The first kappa shape index (κ1) is 14.6. The second-order valence-corrected chi connectivity index (χ2v) is 5.60. The predicted molar refractivity (Wildman–Crippen MR) is 90.4 cm³/mol. The summed E-state index contributed by atoms with van der Waals surface area (Å²) in [5.74, 6) is 0.187. The number of anilines is 3. The number of hydrogen-bond acceptors (Lipinski definition) is 3. The number of para-hydroxylation sites is 1. The molecule has 0 aromatic heterocycles. The Hall–Kier alpha value is -2.33. The second kappa shape index (κ2) is 7.09. The van der Waals surface area contributed by atoms with Crippen molar-refractivity contribution in [2.75, 3.05) is 23.7 Å². The summed E-state index contributed by atoms with van der Waals surface area (Å²) >= 11 is 0. The van der Waals surface area contributed by atoms with Crippen LogP contribution in [0.2, 0.25) is 0 Å². The molecule has 4 nitrogen and oxygen atoms in total. The van der Waals surface area contributed by atoms with Crippen LogP contribution in [0, 0.1) is 5.92 Å². The first-order chi connectivity index (χ1) is 10.8. The van der Waals surface area contributed by atoms with E-state index < -0.39 is 0 Å². The summed E-state index contributed by atoms with van der Waals surface area (Å²) in [7, 11) is 0. The predicted octanol–water partition coefficient (Wildman–Crippen LogP) is 3.37. The molecule has 1 amide bonds. The maximum Gasteiger partial charge on any atom is 0.228 e. The molecule has 1 heterocycles. The summed E-state index contributed by atoms with van der Waals surface area (Å²) in [4.78, 5) is 12.2. The number of hydrogen-bond donors (Lipinski definition) is 3. The highest BCUT2D eigenvalue weighted by Crippen LogP contribution is 2.20. The van der Waals surface area contributed by atoms with E-state index in [1.54, 1.807) is 0 Å². The Morgan fingerprint density at radius 1 is 0.955 bits per heavy atom. The van der Waals surface area contributed by atoms with Crippen LogP contribution in [-0.4, -0.2) is 19.0 Å². The van der Waals surface area contributed by atoms with Crippen LogP contribution in [0.25, 0.3) is 0 Å². The zero-order chi connectivity index (χ0) is 15.2. The van der Waals surface area contributed by atoms with Crippen molar-refractivity contribution in [1.29, 1.82) is 0 Å². The third-order valence-electron chi connectivity index (χ3n) is 3.88. The molecule has 1 aliphatic rings. The Bertz CT molecular complexity index is 604. The molecule has 1 atom stereocenters. The van der Waals surface area contributed by atoms with Gasteiger partial charge in [-0.05, 0) is 55.8 Å². The van der Waals surface area contributed by atoms with Crippen LogP contribution >= 0.6 is 0 Å². The average Bonchev–Trinajstić information content (AvgIpc) is 2.58. The van der Waals surface area contributed by atoms with E-state index >= 15 is 0 Å². The zero-order valence-electron chi connectivity index (χ0n) is 12.5. The lowest BCUT2D eigenvalue weighted by Crippen LogP contribution is -2.37. The molecule has 4 heteroatoms. The number of carbonyl (C=O) groups excluding carboxylic acids is 1. The monoisotopic (exact) mass is 295 g/mol. The molecule has 1 unspecified atom stereocenters. The summed E-state index contributed by atoms with van der Waals surface area (Å²) in [5, 5.41) is 9.59. The molecule has 2 aromatic rings. The van der Waals surface area contributed by atoms with Crippen molar-refractivity contribution in [1.82, 2.24) is 5.32 Å². The number of carbonyl (C=O) groups is 1. The van der Waals surface area contributed by atoms with Crippen molar-refractivity contribution in [3.63, 3.8) is 0 Å². The van der Waals surface area contributed by atoms with Gasteiger partial charge in [-0.2, -0.15) is 0 Å². The number of rotatable bonds is 4. The SMILES string of the molecule is O=C(Nc1ccc(Nc2ccccc2)cc1)C1CCCNC1. The highest BCUT2D eigenvalue weighted by atomic mass is 16.1. The van der Waals surface area contributed by atoms with Crippen LogP contribution in [0.4, 0.5) is 17.1 Å². The van der Waals surface area contributed by atoms with E-state index in [0.29, 0.717) is 0 Å². The maximum absolute atomic E-state index is 12.2. The smallest absolute Gasteiger partial charge is 0.228 e. The molecule has 0 radical (unpaired) electrons. The third-order valence-corrected chi connectivity index (χ3v) is 3.88. The lowest BCUT2D eigenvalue weighted by Gasteiger charge is -2.21. The van der Waals surface area contributed by atoms with E-state index in [4.69, 9.17) is 0 Å². The van der Waals surface area contributed by atoms with Crippen LogP contribution in [0.15, 0.2) is 54.6 Å². The summed E-state index contributed by atoms with van der Waals surface area (Å²) in [6.45, 7) is 1.79. The number of nitrogens with one attached hydrogen (secondary N) is 3. The molecule has 114 valence electrons. The normalized spacial score (nSPS) is 17.7. The fraction of sp³-hybridized carbons (Fsp3) is 0.278. The maximum atomic E-state index is 12.2. The van der Waals surface area contributed by atoms with Gasteiger partial charge in [-0.1, -0.05) is 18.2 Å². The van der Waals surface area contributed by atoms with E-state index in [9.17, 15) is 4.79 Å². The van der Waals surface area contributed by atoms with Gasteiger partial charge in [0.25, 0.3) is 0 Å². The van der Waals surface area contributed by atoms with Crippen LogP contribution in [0.5, 0.6) is 0 Å². The molecule has 0 aliphatic carbocycles. The lowest BCUT2D eigenvalue weighted by molar-refractivity contribution is -0.120. The van der Waals surface area contributed by atoms with E-state index in [2.05, 4.69) is 16.0 Å². The molecule has 3 rings (SSSR count). The molecule has 0 saturated carbocycles. The molecule has 1 fully saturated rings. The standard InChI is InChI=1S/C18H21N3O/c22-18(14-5-4-12-19-13-14)21-17-10-8-16(9-11-17)20-15-6-2-1-3-7-15/h1-3,6-11,14,19-20H,4-5,12-13H2,(H,21,22). The zero-order valence-corrected chi connectivity index (χ0v) is 12.5. The van der Waals surface area contributed by atoms with E-state index in [-0.39, 0.29) is 11.8 Å². The molecule has 2 aromatic carbocycles. The minimum absolute atomic E-state index is 0.0795. The summed E-state index contributed by atoms with van der Waals surface area (Å²) in [5.41, 5.74) is 2.89. The van der Waals surface area contributed by atoms with Gasteiger partial charge in [0.2, 0.25) is 5.91 Å². The van der Waals surface area contributed by atoms with Gasteiger partial charge in [0.15, 0.2) is 0 Å². The highest BCUT2D eigenvalue weighted by Gasteiger charge is 2.20. The van der Waals surface area contributed by atoms with Gasteiger partial charge in [-0.25, -0.2) is 0 Å². The van der Waals surface area contributed by atoms with Crippen molar-refractivity contribution in [3.05, 3.63) is 54.6 Å². The Labute approximate surface area is 130 Å². The van der Waals surface area contributed by atoms with Gasteiger partial charge in [-0.3, -0.25) is 4.79 Å². The summed E-state index contributed by atoms with van der Waals surface area (Å²) in [6.07, 6.45) is 2.03. The van der Waals surface area contributed by atoms with E-state index in [0.717, 1.165) is 43.0 Å². The first-order valence-corrected chi connectivity index (χ1v) is 7.75. The topological polar surface area (TPSA) is 53.2 Å². The Kier molecular flexibility index (Phi) is 4.71. The Morgan fingerprint density at radius 3 is 2.32 bits per heavy atom. The highest BCUT2D eigenvalue weighted by molar-refractivity contribution is 5.93. The second-order valence-electron chi connectivity index (χ2n) is 5.60. The summed E-state index contributed by atoms with van der Waals surface area (Å²) < 4.78 is 0. The fourth-order valence-corrected chi connectivity index (χ4v) is 2.64. The summed E-state index contributed by atoms with van der Waals surface area (Å²) in [6, 6.07) is 17.8. The average molecular weight is 295 g/mol. The molecule has 22 heavy (non-hydrogen) atoms. The minimum Gasteiger partial charge on any atom is -0.356 e. The number of amides is 1. The number of piperidine rings is 1. The quantitative estimate of drug-likeness (QED) is 0.810. The van der Waals surface area contributed by atoms with Crippen LogP contribution in [0.1, 0.15) is 12.8 Å². The van der Waals surface area contributed by atoms with Gasteiger partial charge in [-0.15, -0.1) is 0 Å². The van der Waals surface area contributed by atoms with Crippen molar-refractivity contribution in [2.24, 2.45) is 5.92 Å². The third kappa shape index (κ3) is 3.86. The molecular formula is C18H21N3O. The molecule has 0 spiro atoms. The Balaban J connectivity index is 1.58. The van der Waals surface area contributed by atoms with Gasteiger partial charge >= 0.3 is 0 Å². The van der Waals surface area contributed by atoms with Crippen molar-refractivity contribution >= 4 is 23.0 Å². The first-order valence-electron chi connectivity index (χ1n) is 7.75. The number of benzene rings is 2. The van der Waals surface area contributed by atoms with E-state index in [1.807, 2.05) is 54.6 Å². The van der Waals surface area contributed by atoms with Crippen LogP contribution in [-0.2, 0) is 4.79 Å². The molecular weight excluding hydrogens is 274 g/mol. The van der Waals surface area contributed by atoms with Crippen molar-refractivity contribution in [2.45, 2.75) is 12.8 Å². The van der Waals surface area contributed by atoms with Gasteiger partial charge < -0.3 is 16.0 Å². The molecule has 1 aliphatic heterocycles. The van der Waals surface area contributed by atoms with Crippen molar-refractivity contribution < 1.29 is 4.79 Å².